The molecule has 0 bridgehead atoms. The molecule has 1 heterocycles. The highest BCUT2D eigenvalue weighted by atomic mass is 32.1. The van der Waals surface area contributed by atoms with Gasteiger partial charge in [0.1, 0.15) is 11.6 Å². The van der Waals surface area contributed by atoms with Crippen molar-refractivity contribution in [3.8, 4) is 5.75 Å². The Hall–Kier alpha value is -1.39. The van der Waals surface area contributed by atoms with Crippen LogP contribution in [-0.2, 0) is 6.54 Å². The minimum Gasteiger partial charge on any atom is -0.496 e. The Morgan fingerprint density at radius 1 is 1.37 bits per heavy atom. The number of ether oxygens (including phenoxy) is 1. The summed E-state index contributed by atoms with van der Waals surface area (Å²) in [5, 5.41) is 5.49. The number of thiophene rings is 1. The summed E-state index contributed by atoms with van der Waals surface area (Å²) >= 11 is 1.73. The van der Waals surface area contributed by atoms with Gasteiger partial charge in [0.15, 0.2) is 0 Å². The molecule has 0 saturated carbocycles. The van der Waals surface area contributed by atoms with Gasteiger partial charge in [-0.3, -0.25) is 0 Å². The van der Waals surface area contributed by atoms with E-state index in [2.05, 4.69) is 23.7 Å². The summed E-state index contributed by atoms with van der Waals surface area (Å²) in [5.74, 6) is 0.473. The first-order valence-electron chi connectivity index (χ1n) is 6.21. The fourth-order valence-electron chi connectivity index (χ4n) is 1.98. The number of hydrogen-bond acceptors (Lipinski definition) is 3. The van der Waals surface area contributed by atoms with E-state index in [-0.39, 0.29) is 11.9 Å². The summed E-state index contributed by atoms with van der Waals surface area (Å²) in [5.41, 5.74) is 2.13. The first-order valence-corrected chi connectivity index (χ1v) is 7.09. The molecule has 0 aliphatic heterocycles. The fraction of sp³-hybridized carbons (Fsp3) is 0.333. The van der Waals surface area contributed by atoms with Crippen LogP contribution in [0.3, 0.4) is 0 Å². The van der Waals surface area contributed by atoms with E-state index in [0.29, 0.717) is 5.75 Å². The van der Waals surface area contributed by atoms with Gasteiger partial charge in [0.25, 0.3) is 0 Å². The maximum atomic E-state index is 13.3. The second-order valence-corrected chi connectivity index (χ2v) is 5.52. The van der Waals surface area contributed by atoms with E-state index in [1.165, 1.54) is 22.6 Å². The van der Waals surface area contributed by atoms with E-state index in [1.54, 1.807) is 24.5 Å². The molecule has 0 spiro atoms. The van der Waals surface area contributed by atoms with Gasteiger partial charge in [-0.2, -0.15) is 0 Å². The zero-order chi connectivity index (χ0) is 13.8. The predicted molar refractivity (Wildman–Crippen MR) is 77.3 cm³/mol. The van der Waals surface area contributed by atoms with E-state index >= 15 is 0 Å². The normalized spacial score (nSPS) is 12.4. The number of aryl methyl sites for hydroxylation is 1. The Kier molecular flexibility index (Phi) is 4.56. The maximum Gasteiger partial charge on any atom is 0.123 e. The molecule has 1 aromatic carbocycles. The molecule has 19 heavy (non-hydrogen) atoms. The number of nitrogens with one attached hydrogen (secondary N) is 1. The van der Waals surface area contributed by atoms with Gasteiger partial charge in [-0.1, -0.05) is 0 Å². The van der Waals surface area contributed by atoms with Crippen molar-refractivity contribution in [2.75, 3.05) is 7.11 Å². The Bertz CT molecular complexity index is 553. The lowest BCUT2D eigenvalue weighted by Crippen LogP contribution is -2.18. The topological polar surface area (TPSA) is 21.3 Å². The molecule has 1 aromatic heterocycles. The molecule has 0 aliphatic carbocycles. The van der Waals surface area contributed by atoms with Crippen LogP contribution in [0.15, 0.2) is 29.6 Å². The van der Waals surface area contributed by atoms with Gasteiger partial charge >= 0.3 is 0 Å². The number of hydrogen-bond donors (Lipinski definition) is 1. The van der Waals surface area contributed by atoms with Crippen molar-refractivity contribution in [2.45, 2.75) is 26.4 Å². The smallest absolute Gasteiger partial charge is 0.123 e. The van der Waals surface area contributed by atoms with Crippen molar-refractivity contribution in [2.24, 2.45) is 0 Å². The van der Waals surface area contributed by atoms with Gasteiger partial charge in [0.05, 0.1) is 7.11 Å². The van der Waals surface area contributed by atoms with Gasteiger partial charge in [-0.05, 0) is 49.1 Å². The summed E-state index contributed by atoms with van der Waals surface area (Å²) in [6.07, 6.45) is 0. The number of methoxy groups -OCH3 is 1. The largest absolute Gasteiger partial charge is 0.496 e. The molecule has 1 atom stereocenters. The van der Waals surface area contributed by atoms with E-state index < -0.39 is 0 Å². The highest BCUT2D eigenvalue weighted by molar-refractivity contribution is 7.10. The Morgan fingerprint density at radius 3 is 2.79 bits per heavy atom. The lowest BCUT2D eigenvalue weighted by molar-refractivity contribution is 0.400. The van der Waals surface area contributed by atoms with Gasteiger partial charge in [-0.15, -0.1) is 11.3 Å². The maximum absolute atomic E-state index is 13.3. The summed E-state index contributed by atoms with van der Waals surface area (Å²) in [7, 11) is 1.60. The fourth-order valence-corrected chi connectivity index (χ4v) is 2.84. The number of rotatable bonds is 5. The van der Waals surface area contributed by atoms with E-state index in [9.17, 15) is 4.39 Å². The quantitative estimate of drug-likeness (QED) is 0.891. The predicted octanol–water partition coefficient (Wildman–Crippen LogP) is 4.06. The van der Waals surface area contributed by atoms with Gasteiger partial charge in [0, 0.05) is 23.0 Å². The first-order chi connectivity index (χ1) is 9.11. The van der Waals surface area contributed by atoms with E-state index in [1.807, 2.05) is 6.92 Å². The number of benzene rings is 1. The van der Waals surface area contributed by atoms with Crippen LogP contribution in [0.2, 0.25) is 0 Å². The van der Waals surface area contributed by atoms with Crippen LogP contribution in [0.25, 0.3) is 0 Å². The van der Waals surface area contributed by atoms with Crippen molar-refractivity contribution in [3.05, 3.63) is 51.5 Å². The third kappa shape index (κ3) is 3.33. The van der Waals surface area contributed by atoms with Gasteiger partial charge < -0.3 is 10.1 Å². The molecule has 0 saturated heterocycles. The van der Waals surface area contributed by atoms with Crippen molar-refractivity contribution < 1.29 is 9.13 Å². The Balaban J connectivity index is 2.09. The molecular formula is C15H18FNOS. The van der Waals surface area contributed by atoms with Crippen molar-refractivity contribution in [1.29, 1.82) is 0 Å². The highest BCUT2D eigenvalue weighted by Crippen LogP contribution is 2.26. The average Bonchev–Trinajstić information content (AvgIpc) is 2.81. The molecule has 4 heteroatoms. The molecule has 0 radical (unpaired) electrons. The van der Waals surface area contributed by atoms with Crippen LogP contribution in [0.1, 0.15) is 29.0 Å². The Morgan fingerprint density at radius 2 is 2.16 bits per heavy atom. The Labute approximate surface area is 117 Å². The lowest BCUT2D eigenvalue weighted by atomic mass is 10.1. The minimum absolute atomic E-state index is 0.0344. The van der Waals surface area contributed by atoms with Gasteiger partial charge in [-0.25, -0.2) is 4.39 Å². The number of halogens is 1. The third-order valence-electron chi connectivity index (χ3n) is 3.20. The second-order valence-electron chi connectivity index (χ2n) is 4.52. The molecule has 2 aromatic rings. The van der Waals surface area contributed by atoms with E-state index in [4.69, 9.17) is 4.74 Å². The molecular weight excluding hydrogens is 261 g/mol. The van der Waals surface area contributed by atoms with Crippen LogP contribution in [0.4, 0.5) is 4.39 Å². The molecule has 1 unspecified atom stereocenters. The van der Waals surface area contributed by atoms with E-state index in [0.717, 1.165) is 12.1 Å². The molecule has 2 rings (SSSR count). The van der Waals surface area contributed by atoms with Crippen LogP contribution < -0.4 is 10.1 Å². The zero-order valence-corrected chi connectivity index (χ0v) is 12.2. The molecule has 0 amide bonds. The second kappa shape index (κ2) is 6.17. The summed E-state index contributed by atoms with van der Waals surface area (Å²) < 4.78 is 18.6. The van der Waals surface area contributed by atoms with Crippen molar-refractivity contribution in [1.82, 2.24) is 5.32 Å². The third-order valence-corrected chi connectivity index (χ3v) is 4.22. The summed E-state index contributed by atoms with van der Waals surface area (Å²) in [4.78, 5) is 1.31. The first kappa shape index (κ1) is 14.0. The van der Waals surface area contributed by atoms with Crippen LogP contribution >= 0.6 is 11.3 Å². The van der Waals surface area contributed by atoms with Gasteiger partial charge in [0.2, 0.25) is 0 Å². The lowest BCUT2D eigenvalue weighted by Gasteiger charge is -2.17. The molecule has 1 N–H and O–H groups in total. The minimum atomic E-state index is -0.239. The summed E-state index contributed by atoms with van der Waals surface area (Å²) in [6, 6.07) is 6.75. The molecule has 102 valence electrons. The zero-order valence-electron chi connectivity index (χ0n) is 11.4. The van der Waals surface area contributed by atoms with Crippen LogP contribution in [0, 0.1) is 12.7 Å². The average molecular weight is 279 g/mol. The van der Waals surface area contributed by atoms with Crippen molar-refractivity contribution in [3.63, 3.8) is 0 Å². The standard InChI is InChI=1S/C15H18FNOS/c1-10-6-7-19-15(10)9-17-11(2)13-8-12(16)4-5-14(13)18-3/h4-8,11,17H,9H2,1-3H3. The molecule has 0 fully saturated rings. The molecule has 0 aliphatic rings. The molecule has 2 nitrogen and oxygen atoms in total. The highest BCUT2D eigenvalue weighted by Gasteiger charge is 2.12. The monoisotopic (exact) mass is 279 g/mol. The van der Waals surface area contributed by atoms with Crippen LogP contribution in [0.5, 0.6) is 5.75 Å². The summed E-state index contributed by atoms with van der Waals surface area (Å²) in [6.45, 7) is 4.89. The van der Waals surface area contributed by atoms with Crippen LogP contribution in [-0.4, -0.2) is 7.11 Å². The van der Waals surface area contributed by atoms with Crippen molar-refractivity contribution >= 4 is 11.3 Å². The SMILES string of the molecule is COc1ccc(F)cc1C(C)NCc1sccc1C.